The van der Waals surface area contributed by atoms with Crippen LogP contribution in [0, 0.1) is 19.3 Å². The molecule has 1 saturated carbocycles. The van der Waals surface area contributed by atoms with Crippen molar-refractivity contribution in [2.24, 2.45) is 5.41 Å². The number of alkyl halides is 3. The molecule has 0 bridgehead atoms. The fourth-order valence-electron chi connectivity index (χ4n) is 5.17. The number of hydrogen-bond acceptors (Lipinski definition) is 7. The average molecular weight is 674 g/mol. The second-order valence-corrected chi connectivity index (χ2v) is 13.9. The Morgan fingerprint density at radius 3 is 2.11 bits per heavy atom. The van der Waals surface area contributed by atoms with Gasteiger partial charge in [-0.3, -0.25) is 9.78 Å². The lowest BCUT2D eigenvalue weighted by Gasteiger charge is -2.32. The summed E-state index contributed by atoms with van der Waals surface area (Å²) in [7, 11) is -3.00. The monoisotopic (exact) mass is 673 g/mol. The highest BCUT2D eigenvalue weighted by molar-refractivity contribution is 7.90. The maximum atomic E-state index is 12.7. The molecule has 0 unspecified atom stereocenters. The van der Waals surface area contributed by atoms with Crippen LogP contribution in [0.2, 0.25) is 0 Å². The summed E-state index contributed by atoms with van der Waals surface area (Å²) >= 11 is 5.75. The van der Waals surface area contributed by atoms with Crippen LogP contribution in [0.1, 0.15) is 72.1 Å². The summed E-state index contributed by atoms with van der Waals surface area (Å²) in [4.78, 5) is 38.5. The number of halogens is 3. The Morgan fingerprint density at radius 2 is 1.62 bits per heavy atom. The van der Waals surface area contributed by atoms with Crippen LogP contribution in [0.4, 0.5) is 18.9 Å². The number of pyridine rings is 1. The lowest BCUT2D eigenvalue weighted by atomic mass is 9.80. The molecule has 248 valence electrons. The van der Waals surface area contributed by atoms with Gasteiger partial charge in [0.05, 0.1) is 16.2 Å². The summed E-state index contributed by atoms with van der Waals surface area (Å²) in [5, 5.41) is 23.0. The number of hydrogen-bond donors (Lipinski definition) is 4. The summed E-state index contributed by atoms with van der Waals surface area (Å²) in [6.07, 6.45) is 3.94. The van der Waals surface area contributed by atoms with E-state index in [9.17, 15) is 36.3 Å². The summed E-state index contributed by atoms with van der Waals surface area (Å²) in [6, 6.07) is 8.01. The molecule has 0 aliphatic heterocycles. The second-order valence-electron chi connectivity index (χ2n) is 11.2. The van der Waals surface area contributed by atoms with Gasteiger partial charge in [0, 0.05) is 35.7 Å². The highest BCUT2D eigenvalue weighted by Gasteiger charge is 2.39. The Bertz CT molecular complexity index is 1450. The molecule has 1 atom stereocenters. The Hall–Kier alpha value is -3.59. The van der Waals surface area contributed by atoms with Crippen LogP contribution >= 0.6 is 12.2 Å². The van der Waals surface area contributed by atoms with E-state index < -0.39 is 34.0 Å². The third-order valence-corrected chi connectivity index (χ3v) is 9.12. The molecule has 0 saturated heterocycles. The number of aryl methyl sites for hydroxylation is 2. The number of carbonyl (C=O) groups is 3. The minimum Gasteiger partial charge on any atom is -0.480 e. The molecule has 0 spiro atoms. The van der Waals surface area contributed by atoms with E-state index in [0.717, 1.165) is 49.7 Å². The van der Waals surface area contributed by atoms with Gasteiger partial charge < -0.3 is 20.8 Å². The first kappa shape index (κ1) is 37.6. The van der Waals surface area contributed by atoms with Crippen molar-refractivity contribution in [3.05, 3.63) is 58.9 Å². The van der Waals surface area contributed by atoms with Crippen molar-refractivity contribution < 1.29 is 46.2 Å². The van der Waals surface area contributed by atoms with Gasteiger partial charge in [-0.1, -0.05) is 43.6 Å². The van der Waals surface area contributed by atoms with Crippen molar-refractivity contribution in [3.63, 3.8) is 0 Å². The lowest BCUT2D eigenvalue weighted by molar-refractivity contribution is -0.192. The Kier molecular flexibility index (Phi) is 13.5. The van der Waals surface area contributed by atoms with Gasteiger partial charge in [-0.15, -0.1) is 0 Å². The van der Waals surface area contributed by atoms with E-state index >= 15 is 0 Å². The van der Waals surface area contributed by atoms with Crippen molar-refractivity contribution >= 4 is 50.6 Å². The minimum atomic E-state index is -5.08. The van der Waals surface area contributed by atoms with Crippen molar-refractivity contribution in [2.45, 2.75) is 77.4 Å². The summed E-state index contributed by atoms with van der Waals surface area (Å²) in [5.74, 6) is -3.83. The van der Waals surface area contributed by atoms with Crippen molar-refractivity contribution in [1.29, 1.82) is 0 Å². The molecule has 3 rings (SSSR count). The molecule has 1 heterocycles. The van der Waals surface area contributed by atoms with Crippen LogP contribution in [0.25, 0.3) is 0 Å². The lowest BCUT2D eigenvalue weighted by Crippen LogP contribution is -2.47. The number of anilines is 1. The molecule has 1 aliphatic carbocycles. The topological polar surface area (TPSA) is 163 Å². The van der Waals surface area contributed by atoms with E-state index in [1.807, 2.05) is 6.92 Å². The predicted molar refractivity (Wildman–Crippen MR) is 167 cm³/mol. The number of benzene rings is 1. The Balaban J connectivity index is 0.000000900. The highest BCUT2D eigenvalue weighted by Crippen LogP contribution is 2.43. The molecule has 15 heteroatoms. The SMILES string of the molecule is Cc1ccnc(C)c1C(=O)Nc1ccc(C[C@H](NC(=S)C2(CCCCS(C)(=O)=O)CCCC2)C(=O)O)cc1.O=C(O)C(F)(F)F. The first-order valence-corrected chi connectivity index (χ1v) is 16.7. The van der Waals surface area contributed by atoms with E-state index in [4.69, 9.17) is 22.1 Å². The normalized spacial score (nSPS) is 14.9. The average Bonchev–Trinajstić information content (AvgIpc) is 3.41. The first-order valence-electron chi connectivity index (χ1n) is 14.2. The number of sulfone groups is 1. The van der Waals surface area contributed by atoms with E-state index in [1.54, 1.807) is 43.5 Å². The number of amides is 1. The van der Waals surface area contributed by atoms with Gasteiger partial charge in [0.25, 0.3) is 5.91 Å². The van der Waals surface area contributed by atoms with E-state index in [1.165, 1.54) is 6.26 Å². The van der Waals surface area contributed by atoms with Crippen molar-refractivity contribution in [1.82, 2.24) is 10.3 Å². The molecule has 1 amide bonds. The number of carboxylic acid groups (broad SMARTS) is 2. The number of aromatic nitrogens is 1. The quantitative estimate of drug-likeness (QED) is 0.172. The molecule has 45 heavy (non-hydrogen) atoms. The number of carbonyl (C=O) groups excluding carboxylic acids is 1. The molecule has 4 N–H and O–H groups in total. The summed E-state index contributed by atoms with van der Waals surface area (Å²) < 4.78 is 54.7. The van der Waals surface area contributed by atoms with Crippen molar-refractivity contribution in [3.8, 4) is 0 Å². The van der Waals surface area contributed by atoms with E-state index in [-0.39, 0.29) is 23.5 Å². The molecule has 1 aromatic heterocycles. The van der Waals surface area contributed by atoms with Crippen LogP contribution in [0.15, 0.2) is 36.5 Å². The van der Waals surface area contributed by atoms with Crippen molar-refractivity contribution in [2.75, 3.05) is 17.3 Å². The third-order valence-electron chi connectivity index (χ3n) is 7.54. The van der Waals surface area contributed by atoms with Gasteiger partial charge >= 0.3 is 18.1 Å². The Morgan fingerprint density at radius 1 is 1.04 bits per heavy atom. The van der Waals surface area contributed by atoms with Gasteiger partial charge in [0.15, 0.2) is 0 Å². The van der Waals surface area contributed by atoms with Gasteiger partial charge in [-0.2, -0.15) is 13.2 Å². The number of thiocarbonyl (C=S) groups is 1. The zero-order chi connectivity index (χ0) is 34.0. The number of rotatable bonds is 12. The summed E-state index contributed by atoms with van der Waals surface area (Å²) in [5.41, 5.74) is 3.16. The molecule has 1 fully saturated rings. The maximum Gasteiger partial charge on any atom is 0.490 e. The number of unbranched alkanes of at least 4 members (excludes halogenated alkanes) is 1. The minimum absolute atomic E-state index is 0.152. The van der Waals surface area contributed by atoms with Crippen LogP contribution in [0.3, 0.4) is 0 Å². The largest absolute Gasteiger partial charge is 0.490 e. The van der Waals surface area contributed by atoms with Crippen LogP contribution < -0.4 is 10.6 Å². The molecule has 10 nitrogen and oxygen atoms in total. The zero-order valence-corrected chi connectivity index (χ0v) is 26.9. The highest BCUT2D eigenvalue weighted by atomic mass is 32.2. The molecular weight excluding hydrogens is 635 g/mol. The van der Waals surface area contributed by atoms with E-state index in [0.29, 0.717) is 28.4 Å². The van der Waals surface area contributed by atoms with Crippen LogP contribution in [0.5, 0.6) is 0 Å². The van der Waals surface area contributed by atoms with Gasteiger partial charge in [0.2, 0.25) is 0 Å². The standard InChI is InChI=1S/C28H37N3O5S2.C2HF3O2/c1-19-12-16-29-20(2)24(19)25(32)30-22-10-8-21(9-11-22)18-23(26(33)34)31-27(37)28(13-4-5-14-28)15-6-7-17-38(3,35)36;3-2(4,5)1(6)7/h8-12,16,23H,4-7,13-15,17-18H2,1-3H3,(H,30,32)(H,31,37)(H,33,34);(H,6,7)/t23-;/m0./s1. The summed E-state index contributed by atoms with van der Waals surface area (Å²) in [6.45, 7) is 3.65. The first-order chi connectivity index (χ1) is 20.8. The predicted octanol–water partition coefficient (Wildman–Crippen LogP) is 5.27. The number of aliphatic carboxylic acids is 2. The fourth-order valence-corrected chi connectivity index (χ4v) is 6.35. The van der Waals surface area contributed by atoms with Gasteiger partial charge in [-0.25, -0.2) is 18.0 Å². The van der Waals surface area contributed by atoms with Gasteiger partial charge in [0.1, 0.15) is 15.9 Å². The maximum absolute atomic E-state index is 12.7. The molecule has 1 aromatic carbocycles. The molecule has 0 radical (unpaired) electrons. The smallest absolute Gasteiger partial charge is 0.480 e. The van der Waals surface area contributed by atoms with Gasteiger partial charge in [-0.05, 0) is 68.9 Å². The zero-order valence-electron chi connectivity index (χ0n) is 25.2. The molecule has 1 aliphatic rings. The Labute approximate surface area is 265 Å². The van der Waals surface area contributed by atoms with E-state index in [2.05, 4.69) is 15.6 Å². The number of nitrogens with zero attached hydrogens (tertiary/aromatic N) is 1. The third kappa shape index (κ3) is 12.0. The molecular formula is C30H38F3N3O7S2. The second kappa shape index (κ2) is 16.1. The number of carboxylic acids is 2. The molecule has 2 aromatic rings. The number of nitrogens with one attached hydrogen (secondary N) is 2. The van der Waals surface area contributed by atoms with Crippen LogP contribution in [-0.4, -0.2) is 70.7 Å². The van der Waals surface area contributed by atoms with Crippen LogP contribution in [-0.2, 0) is 25.8 Å². The fraction of sp³-hybridized carbons (Fsp3) is 0.500.